The predicted molar refractivity (Wildman–Crippen MR) is 79.2 cm³/mol. The van der Waals surface area contributed by atoms with E-state index in [1.807, 2.05) is 18.2 Å². The van der Waals surface area contributed by atoms with Gasteiger partial charge in [0.25, 0.3) is 0 Å². The predicted octanol–water partition coefficient (Wildman–Crippen LogP) is 2.45. The van der Waals surface area contributed by atoms with Gasteiger partial charge in [-0.1, -0.05) is 15.9 Å². The normalized spacial score (nSPS) is 17.7. The van der Waals surface area contributed by atoms with Crippen molar-refractivity contribution < 1.29 is 4.74 Å². The zero-order chi connectivity index (χ0) is 13.7. The average Bonchev–Trinajstić information content (AvgIpc) is 2.38. The lowest BCUT2D eigenvalue weighted by Gasteiger charge is -2.29. The minimum Gasteiger partial charge on any atom is -0.381 e. The molecule has 0 saturated carbocycles. The maximum absolute atomic E-state index is 8.96. The molecular weight excluding hydrogens is 306 g/mol. The molecule has 0 bridgehead atoms. The molecule has 0 amide bonds. The minimum atomic E-state index is 0.332. The largest absolute Gasteiger partial charge is 0.381 e. The molecule has 0 aromatic heterocycles. The number of morpholine rings is 1. The molecule has 102 valence electrons. The molecule has 2 rings (SSSR count). The number of rotatable bonds is 4. The molecule has 1 aromatic carbocycles. The van der Waals surface area contributed by atoms with Gasteiger partial charge in [-0.3, -0.25) is 4.90 Å². The van der Waals surface area contributed by atoms with Gasteiger partial charge in [0.1, 0.15) is 0 Å². The molecule has 0 aliphatic carbocycles. The first kappa shape index (κ1) is 14.3. The summed E-state index contributed by atoms with van der Waals surface area (Å²) < 4.78 is 6.26. The van der Waals surface area contributed by atoms with Gasteiger partial charge in [0.15, 0.2) is 0 Å². The second-order valence-electron chi connectivity index (χ2n) is 4.80. The third kappa shape index (κ3) is 4.50. The van der Waals surface area contributed by atoms with Crippen molar-refractivity contribution in [3.05, 3.63) is 28.2 Å². The first-order chi connectivity index (χ1) is 9.17. The van der Waals surface area contributed by atoms with E-state index in [-0.39, 0.29) is 0 Å². The number of anilines is 1. The Kier molecular flexibility index (Phi) is 5.20. The van der Waals surface area contributed by atoms with Crippen LogP contribution in [0.15, 0.2) is 22.7 Å². The van der Waals surface area contributed by atoms with Crippen LogP contribution in [-0.4, -0.2) is 43.8 Å². The van der Waals surface area contributed by atoms with Gasteiger partial charge in [0, 0.05) is 35.8 Å². The van der Waals surface area contributed by atoms with Crippen LogP contribution < -0.4 is 5.32 Å². The monoisotopic (exact) mass is 323 g/mol. The van der Waals surface area contributed by atoms with E-state index >= 15 is 0 Å². The van der Waals surface area contributed by atoms with Crippen molar-refractivity contribution in [3.63, 3.8) is 0 Å². The van der Waals surface area contributed by atoms with Crippen molar-refractivity contribution in [2.45, 2.75) is 13.0 Å². The lowest BCUT2D eigenvalue weighted by atomic mass is 10.2. The van der Waals surface area contributed by atoms with Gasteiger partial charge in [0.2, 0.25) is 0 Å². The molecule has 1 saturated heterocycles. The second kappa shape index (κ2) is 6.90. The smallest absolute Gasteiger partial charge is 0.0992 e. The van der Waals surface area contributed by atoms with E-state index in [4.69, 9.17) is 10.00 Å². The van der Waals surface area contributed by atoms with Crippen molar-refractivity contribution in [1.29, 1.82) is 5.26 Å². The number of benzene rings is 1. The molecule has 1 N–H and O–H groups in total. The fourth-order valence-electron chi connectivity index (χ4n) is 2.24. The van der Waals surface area contributed by atoms with Crippen molar-refractivity contribution in [2.75, 3.05) is 38.2 Å². The minimum absolute atomic E-state index is 0.332. The number of nitrogens with one attached hydrogen (secondary N) is 1. The Morgan fingerprint density at radius 3 is 2.84 bits per heavy atom. The number of ether oxygens (including phenoxy) is 1. The zero-order valence-corrected chi connectivity index (χ0v) is 12.6. The molecule has 1 aromatic rings. The first-order valence-corrected chi connectivity index (χ1v) is 7.24. The van der Waals surface area contributed by atoms with Crippen LogP contribution >= 0.6 is 15.9 Å². The van der Waals surface area contributed by atoms with Crippen LogP contribution in [0.3, 0.4) is 0 Å². The van der Waals surface area contributed by atoms with Crippen molar-refractivity contribution in [1.82, 2.24) is 4.90 Å². The van der Waals surface area contributed by atoms with E-state index in [0.29, 0.717) is 11.6 Å². The molecule has 1 aliphatic heterocycles. The summed E-state index contributed by atoms with van der Waals surface area (Å²) in [6.07, 6.45) is 0. The Morgan fingerprint density at radius 1 is 1.42 bits per heavy atom. The highest BCUT2D eigenvalue weighted by molar-refractivity contribution is 9.10. The summed E-state index contributed by atoms with van der Waals surface area (Å²) in [5.74, 6) is 0. The molecule has 5 heteroatoms. The Hall–Kier alpha value is -1.09. The molecule has 0 radical (unpaired) electrons. The maximum atomic E-state index is 8.96. The molecular formula is C14H18BrN3O. The van der Waals surface area contributed by atoms with E-state index < -0.39 is 0 Å². The van der Waals surface area contributed by atoms with Gasteiger partial charge in [-0.25, -0.2) is 0 Å². The van der Waals surface area contributed by atoms with Gasteiger partial charge >= 0.3 is 0 Å². The summed E-state index contributed by atoms with van der Waals surface area (Å²) in [6.45, 7) is 6.77. The summed E-state index contributed by atoms with van der Waals surface area (Å²) in [5.41, 5.74) is 1.64. The Balaban J connectivity index is 1.92. The average molecular weight is 324 g/mol. The lowest BCUT2D eigenvalue weighted by molar-refractivity contribution is 0.0368. The van der Waals surface area contributed by atoms with Crippen LogP contribution in [0.4, 0.5) is 5.69 Å². The topological polar surface area (TPSA) is 48.3 Å². The van der Waals surface area contributed by atoms with Crippen LogP contribution in [0.25, 0.3) is 0 Å². The highest BCUT2D eigenvalue weighted by atomic mass is 79.9. The Labute approximate surface area is 122 Å². The standard InChI is InChI=1S/C14H18BrN3O/c1-11(10-18-2-4-19-5-3-18)17-14-7-12(9-16)6-13(15)8-14/h6-8,11,17H,2-5,10H2,1H3. The highest BCUT2D eigenvalue weighted by Gasteiger charge is 2.13. The third-order valence-electron chi connectivity index (χ3n) is 3.08. The molecule has 19 heavy (non-hydrogen) atoms. The highest BCUT2D eigenvalue weighted by Crippen LogP contribution is 2.20. The van der Waals surface area contributed by atoms with Crippen molar-refractivity contribution in [2.24, 2.45) is 0 Å². The molecule has 1 unspecified atom stereocenters. The molecule has 0 spiro atoms. The van der Waals surface area contributed by atoms with Crippen LogP contribution in [-0.2, 0) is 4.74 Å². The van der Waals surface area contributed by atoms with Crippen LogP contribution in [0, 0.1) is 11.3 Å². The zero-order valence-electron chi connectivity index (χ0n) is 11.0. The molecule has 1 heterocycles. The van der Waals surface area contributed by atoms with Gasteiger partial charge in [-0.05, 0) is 25.1 Å². The third-order valence-corrected chi connectivity index (χ3v) is 3.53. The van der Waals surface area contributed by atoms with Gasteiger partial charge in [-0.15, -0.1) is 0 Å². The van der Waals surface area contributed by atoms with E-state index in [1.165, 1.54) is 0 Å². The first-order valence-electron chi connectivity index (χ1n) is 6.44. The molecule has 1 aliphatic rings. The van der Waals surface area contributed by atoms with Crippen molar-refractivity contribution in [3.8, 4) is 6.07 Å². The van der Waals surface area contributed by atoms with E-state index in [2.05, 4.69) is 39.1 Å². The summed E-state index contributed by atoms with van der Waals surface area (Å²) in [6, 6.07) is 8.19. The van der Waals surface area contributed by atoms with Gasteiger partial charge in [0.05, 0.1) is 24.8 Å². The summed E-state index contributed by atoms with van der Waals surface area (Å²) in [4.78, 5) is 2.39. The second-order valence-corrected chi connectivity index (χ2v) is 5.71. The Bertz CT molecular complexity index is 466. The summed E-state index contributed by atoms with van der Waals surface area (Å²) in [5, 5.41) is 12.4. The van der Waals surface area contributed by atoms with Gasteiger partial charge in [-0.2, -0.15) is 5.26 Å². The van der Waals surface area contributed by atoms with E-state index in [1.54, 1.807) is 0 Å². The maximum Gasteiger partial charge on any atom is 0.0992 e. The summed E-state index contributed by atoms with van der Waals surface area (Å²) in [7, 11) is 0. The Morgan fingerprint density at radius 2 is 2.16 bits per heavy atom. The number of nitriles is 1. The number of hydrogen-bond acceptors (Lipinski definition) is 4. The number of nitrogens with zero attached hydrogens (tertiary/aromatic N) is 2. The fourth-order valence-corrected chi connectivity index (χ4v) is 2.73. The quantitative estimate of drug-likeness (QED) is 0.924. The van der Waals surface area contributed by atoms with Crippen molar-refractivity contribution >= 4 is 21.6 Å². The molecule has 4 nitrogen and oxygen atoms in total. The van der Waals surface area contributed by atoms with E-state index in [0.717, 1.165) is 43.0 Å². The lowest BCUT2D eigenvalue weighted by Crippen LogP contribution is -2.42. The SMILES string of the molecule is CC(CN1CCOCC1)Nc1cc(Br)cc(C#N)c1. The van der Waals surface area contributed by atoms with Crippen LogP contribution in [0.5, 0.6) is 0 Å². The molecule has 1 atom stereocenters. The number of hydrogen-bond donors (Lipinski definition) is 1. The molecule has 1 fully saturated rings. The van der Waals surface area contributed by atoms with E-state index in [9.17, 15) is 0 Å². The van der Waals surface area contributed by atoms with Crippen LogP contribution in [0.1, 0.15) is 12.5 Å². The number of halogens is 1. The summed E-state index contributed by atoms with van der Waals surface area (Å²) >= 11 is 3.42. The van der Waals surface area contributed by atoms with Gasteiger partial charge < -0.3 is 10.1 Å². The fraction of sp³-hybridized carbons (Fsp3) is 0.500. The van der Waals surface area contributed by atoms with Crippen LogP contribution in [0.2, 0.25) is 0 Å².